The number of carbonyl (C=O) groups is 1. The Morgan fingerprint density at radius 2 is 1.84 bits per heavy atom. The minimum Gasteiger partial charge on any atom is -0.326 e. The lowest BCUT2D eigenvalue weighted by molar-refractivity contribution is -0.115. The van der Waals surface area contributed by atoms with Gasteiger partial charge in [0.05, 0.1) is 17.8 Å². The van der Waals surface area contributed by atoms with Crippen LogP contribution in [0.1, 0.15) is 22.5 Å². The molecule has 0 saturated heterocycles. The summed E-state index contributed by atoms with van der Waals surface area (Å²) in [5.41, 5.74) is 5.72. The Morgan fingerprint density at radius 3 is 2.52 bits per heavy atom. The van der Waals surface area contributed by atoms with Crippen LogP contribution < -0.4 is 5.32 Å². The second-order valence-corrected chi connectivity index (χ2v) is 6.94. The Morgan fingerprint density at radius 1 is 1.12 bits per heavy atom. The minimum atomic E-state index is -0.0412. The van der Waals surface area contributed by atoms with Gasteiger partial charge in [0.2, 0.25) is 5.91 Å². The van der Waals surface area contributed by atoms with Crippen LogP contribution in [0, 0.1) is 20.8 Å². The molecule has 1 aromatic heterocycles. The second-order valence-electron chi connectivity index (χ2n) is 6.09. The first-order chi connectivity index (χ1) is 12.0. The van der Waals surface area contributed by atoms with Crippen molar-refractivity contribution in [3.63, 3.8) is 0 Å². The normalized spacial score (nSPS) is 10.7. The molecule has 0 spiro atoms. The highest BCUT2D eigenvalue weighted by Crippen LogP contribution is 2.21. The van der Waals surface area contributed by atoms with Crippen molar-refractivity contribution in [1.82, 2.24) is 9.78 Å². The minimum absolute atomic E-state index is 0.0412. The van der Waals surface area contributed by atoms with Crippen molar-refractivity contribution in [1.29, 1.82) is 0 Å². The quantitative estimate of drug-likeness (QED) is 0.690. The lowest BCUT2D eigenvalue weighted by Gasteiger charge is -2.08. The first-order valence-corrected chi connectivity index (χ1v) is 8.91. The van der Waals surface area contributed by atoms with Gasteiger partial charge in [0.25, 0.3) is 0 Å². The van der Waals surface area contributed by atoms with Crippen molar-refractivity contribution in [2.24, 2.45) is 0 Å². The lowest BCUT2D eigenvalue weighted by atomic mass is 10.1. The number of rotatable bonds is 4. The molecule has 0 fully saturated rings. The average Bonchev–Trinajstić information content (AvgIpc) is 2.87. The lowest BCUT2D eigenvalue weighted by Crippen LogP contribution is -2.15. The summed E-state index contributed by atoms with van der Waals surface area (Å²) in [6.45, 7) is 5.94. The molecule has 5 heteroatoms. The number of para-hydroxylation sites is 1. The van der Waals surface area contributed by atoms with Crippen LogP contribution in [0.4, 0.5) is 5.69 Å². The standard InChI is InChI=1S/C20H20BrN3O/c1-13-11-16(9-10-19(13)21)22-20(25)12-18-14(2)23-24(15(18)3)17-7-5-4-6-8-17/h4-11H,12H2,1-3H3,(H,22,25). The molecular weight excluding hydrogens is 378 g/mol. The molecule has 0 aliphatic rings. The van der Waals surface area contributed by atoms with Crippen LogP contribution in [0.5, 0.6) is 0 Å². The highest BCUT2D eigenvalue weighted by Gasteiger charge is 2.16. The second kappa shape index (κ2) is 7.23. The van der Waals surface area contributed by atoms with E-state index in [0.29, 0.717) is 6.42 Å². The molecule has 0 aliphatic heterocycles. The van der Waals surface area contributed by atoms with E-state index in [1.807, 2.05) is 74.0 Å². The van der Waals surface area contributed by atoms with Crippen LogP contribution in [0.3, 0.4) is 0 Å². The van der Waals surface area contributed by atoms with Gasteiger partial charge in [-0.05, 0) is 56.7 Å². The Balaban J connectivity index is 1.79. The predicted octanol–water partition coefficient (Wildman–Crippen LogP) is 4.74. The van der Waals surface area contributed by atoms with E-state index in [1.165, 1.54) is 0 Å². The molecule has 0 unspecified atom stereocenters. The van der Waals surface area contributed by atoms with Gasteiger partial charge < -0.3 is 5.32 Å². The van der Waals surface area contributed by atoms with Gasteiger partial charge in [-0.15, -0.1) is 0 Å². The zero-order valence-corrected chi connectivity index (χ0v) is 16.1. The number of halogens is 1. The molecule has 2 aromatic carbocycles. The Hall–Kier alpha value is -2.40. The molecule has 0 bridgehead atoms. The molecule has 3 aromatic rings. The number of nitrogens with one attached hydrogen (secondary N) is 1. The summed E-state index contributed by atoms with van der Waals surface area (Å²) >= 11 is 3.47. The first kappa shape index (κ1) is 17.4. The Bertz CT molecular complexity index is 916. The molecule has 0 atom stereocenters. The van der Waals surface area contributed by atoms with Crippen molar-refractivity contribution in [2.75, 3.05) is 5.32 Å². The smallest absolute Gasteiger partial charge is 0.228 e. The van der Waals surface area contributed by atoms with Crippen molar-refractivity contribution in [3.05, 3.63) is 75.5 Å². The third-order valence-corrected chi connectivity index (χ3v) is 5.11. The SMILES string of the molecule is Cc1cc(NC(=O)Cc2c(C)nn(-c3ccccc3)c2C)ccc1Br. The van der Waals surface area contributed by atoms with Gasteiger partial charge in [0.1, 0.15) is 0 Å². The van der Waals surface area contributed by atoms with Crippen LogP contribution in [0.25, 0.3) is 5.69 Å². The maximum atomic E-state index is 12.5. The van der Waals surface area contributed by atoms with Gasteiger partial charge >= 0.3 is 0 Å². The van der Waals surface area contributed by atoms with Crippen LogP contribution in [-0.2, 0) is 11.2 Å². The third-order valence-electron chi connectivity index (χ3n) is 4.22. The van der Waals surface area contributed by atoms with E-state index in [9.17, 15) is 4.79 Å². The van der Waals surface area contributed by atoms with Gasteiger partial charge in [-0.1, -0.05) is 34.1 Å². The molecule has 0 aliphatic carbocycles. The molecule has 0 saturated carbocycles. The summed E-state index contributed by atoms with van der Waals surface area (Å²) in [7, 11) is 0. The van der Waals surface area contributed by atoms with Gasteiger partial charge in [0.15, 0.2) is 0 Å². The van der Waals surface area contributed by atoms with Gasteiger partial charge in [-0.2, -0.15) is 5.10 Å². The Kier molecular flexibility index (Phi) is 5.04. The van der Waals surface area contributed by atoms with E-state index in [-0.39, 0.29) is 5.91 Å². The number of hydrogen-bond acceptors (Lipinski definition) is 2. The molecule has 1 amide bonds. The van der Waals surface area contributed by atoms with Crippen molar-refractivity contribution >= 4 is 27.5 Å². The zero-order chi connectivity index (χ0) is 18.0. The number of carbonyl (C=O) groups excluding carboxylic acids is 1. The number of amides is 1. The molecule has 3 rings (SSSR count). The fraction of sp³-hybridized carbons (Fsp3) is 0.200. The highest BCUT2D eigenvalue weighted by molar-refractivity contribution is 9.10. The summed E-state index contributed by atoms with van der Waals surface area (Å²) in [5.74, 6) is -0.0412. The average molecular weight is 398 g/mol. The fourth-order valence-corrected chi connectivity index (χ4v) is 3.09. The van der Waals surface area contributed by atoms with Crippen LogP contribution in [0.2, 0.25) is 0 Å². The van der Waals surface area contributed by atoms with Crippen molar-refractivity contribution < 1.29 is 4.79 Å². The number of anilines is 1. The summed E-state index contributed by atoms with van der Waals surface area (Å²) in [4.78, 5) is 12.5. The monoisotopic (exact) mass is 397 g/mol. The van der Waals surface area contributed by atoms with E-state index in [2.05, 4.69) is 26.3 Å². The number of aromatic nitrogens is 2. The van der Waals surface area contributed by atoms with Gasteiger partial charge in [-0.25, -0.2) is 4.68 Å². The van der Waals surface area contributed by atoms with E-state index < -0.39 is 0 Å². The van der Waals surface area contributed by atoms with E-state index in [1.54, 1.807) is 0 Å². The van der Waals surface area contributed by atoms with Gasteiger partial charge in [0, 0.05) is 21.4 Å². The molecule has 0 radical (unpaired) electrons. The van der Waals surface area contributed by atoms with E-state index >= 15 is 0 Å². The third kappa shape index (κ3) is 3.82. The molecular formula is C20H20BrN3O. The summed E-state index contributed by atoms with van der Waals surface area (Å²) in [6, 6.07) is 15.7. The van der Waals surface area contributed by atoms with Crippen LogP contribution in [-0.4, -0.2) is 15.7 Å². The molecule has 128 valence electrons. The number of hydrogen-bond donors (Lipinski definition) is 1. The molecule has 1 N–H and O–H groups in total. The predicted molar refractivity (Wildman–Crippen MR) is 104 cm³/mol. The van der Waals surface area contributed by atoms with Gasteiger partial charge in [-0.3, -0.25) is 4.79 Å². The summed E-state index contributed by atoms with van der Waals surface area (Å²) in [6.07, 6.45) is 0.305. The van der Waals surface area contributed by atoms with Crippen LogP contribution >= 0.6 is 15.9 Å². The van der Waals surface area contributed by atoms with Crippen molar-refractivity contribution in [3.8, 4) is 5.69 Å². The zero-order valence-electron chi connectivity index (χ0n) is 14.5. The van der Waals surface area contributed by atoms with E-state index in [0.717, 1.165) is 38.4 Å². The number of nitrogens with zero attached hydrogens (tertiary/aromatic N) is 2. The number of benzene rings is 2. The highest BCUT2D eigenvalue weighted by atomic mass is 79.9. The summed E-state index contributed by atoms with van der Waals surface area (Å²) < 4.78 is 2.92. The largest absolute Gasteiger partial charge is 0.326 e. The first-order valence-electron chi connectivity index (χ1n) is 8.12. The summed E-state index contributed by atoms with van der Waals surface area (Å²) in [5, 5.41) is 7.56. The maximum absolute atomic E-state index is 12.5. The molecule has 25 heavy (non-hydrogen) atoms. The maximum Gasteiger partial charge on any atom is 0.228 e. The van der Waals surface area contributed by atoms with Crippen molar-refractivity contribution in [2.45, 2.75) is 27.2 Å². The van der Waals surface area contributed by atoms with E-state index in [4.69, 9.17) is 0 Å². The molecule has 4 nitrogen and oxygen atoms in total. The van der Waals surface area contributed by atoms with Crippen LogP contribution in [0.15, 0.2) is 53.0 Å². The topological polar surface area (TPSA) is 46.9 Å². The Labute approximate surface area is 156 Å². The number of aryl methyl sites for hydroxylation is 2. The fourth-order valence-electron chi connectivity index (χ4n) is 2.84. The molecule has 1 heterocycles.